The van der Waals surface area contributed by atoms with E-state index in [0.717, 1.165) is 17.4 Å². The number of anilines is 2. The number of carbonyl (C=O) groups is 2. The second-order valence-electron chi connectivity index (χ2n) is 8.85. The number of piperazine rings is 1. The van der Waals surface area contributed by atoms with Crippen LogP contribution in [0.4, 0.5) is 17.1 Å². The van der Waals surface area contributed by atoms with Crippen LogP contribution < -0.4 is 10.2 Å². The van der Waals surface area contributed by atoms with Gasteiger partial charge in [0.15, 0.2) is 0 Å². The Labute approximate surface area is 238 Å². The van der Waals surface area contributed by atoms with Gasteiger partial charge in [-0.2, -0.15) is 0 Å². The molecule has 4 aromatic rings. The van der Waals surface area contributed by atoms with Crippen LogP contribution in [0.5, 0.6) is 0 Å². The number of non-ortho nitro benzene ring substituents is 1. The average Bonchev–Trinajstić information content (AvgIpc) is 3.45. The number of nitrogens with zero attached hydrogens (tertiary/aromatic N) is 5. The van der Waals surface area contributed by atoms with Crippen molar-refractivity contribution in [2.75, 3.05) is 42.1 Å². The first-order valence-corrected chi connectivity index (χ1v) is 13.6. The molecule has 0 spiro atoms. The average molecular weight is 579 g/mol. The van der Waals surface area contributed by atoms with E-state index in [0.29, 0.717) is 48.0 Å². The Morgan fingerprint density at radius 1 is 1.00 bits per heavy atom. The molecule has 0 radical (unpaired) electrons. The number of hydrogen-bond acceptors (Lipinski definition) is 9. The summed E-state index contributed by atoms with van der Waals surface area (Å²) in [6.45, 7) is 2.59. The lowest BCUT2D eigenvalue weighted by atomic mass is 10.1. The first kappa shape index (κ1) is 27.2. The number of thioether (sulfide) groups is 1. The van der Waals surface area contributed by atoms with Crippen molar-refractivity contribution in [1.29, 1.82) is 0 Å². The summed E-state index contributed by atoms with van der Waals surface area (Å²) in [5.74, 6) is 0.0110. The highest BCUT2D eigenvalue weighted by atomic mass is 35.5. The molecule has 40 heavy (non-hydrogen) atoms. The van der Waals surface area contributed by atoms with Crippen molar-refractivity contribution in [1.82, 2.24) is 15.1 Å². The van der Waals surface area contributed by atoms with E-state index in [1.54, 1.807) is 24.3 Å². The molecule has 11 nitrogen and oxygen atoms in total. The smallest absolute Gasteiger partial charge is 0.277 e. The normalized spacial score (nSPS) is 13.2. The molecule has 0 saturated carbocycles. The fourth-order valence-electron chi connectivity index (χ4n) is 4.16. The standard InChI is InChI=1S/C27H23ClN6O5S/c28-20-3-1-2-19(16-20)26(36)33-14-12-32(13-15-33)22-10-6-21(7-11-22)29-24(35)17-40-27-31-30-25(39-27)18-4-8-23(9-5-18)34(37)38/h1-11,16H,12-15,17H2,(H,29,35). The van der Waals surface area contributed by atoms with Crippen LogP contribution in [0.15, 0.2) is 82.4 Å². The summed E-state index contributed by atoms with van der Waals surface area (Å²) in [6, 6.07) is 20.3. The molecular weight excluding hydrogens is 556 g/mol. The molecule has 1 aliphatic heterocycles. The molecule has 2 heterocycles. The minimum Gasteiger partial charge on any atom is -0.411 e. The highest BCUT2D eigenvalue weighted by Gasteiger charge is 2.22. The first-order chi connectivity index (χ1) is 19.4. The number of hydrogen-bond donors (Lipinski definition) is 1. The molecule has 0 unspecified atom stereocenters. The maximum atomic E-state index is 12.8. The summed E-state index contributed by atoms with van der Waals surface area (Å²) in [4.78, 5) is 39.5. The highest BCUT2D eigenvalue weighted by Crippen LogP contribution is 2.26. The Kier molecular flexibility index (Phi) is 8.27. The van der Waals surface area contributed by atoms with Crippen LogP contribution >= 0.6 is 23.4 Å². The zero-order chi connectivity index (χ0) is 28.1. The molecule has 0 atom stereocenters. The minimum absolute atomic E-state index is 0.0267. The van der Waals surface area contributed by atoms with Gasteiger partial charge in [-0.25, -0.2) is 0 Å². The molecule has 1 N–H and O–H groups in total. The predicted molar refractivity (Wildman–Crippen MR) is 152 cm³/mol. The second-order valence-corrected chi connectivity index (χ2v) is 10.2. The maximum absolute atomic E-state index is 12.8. The Balaban J connectivity index is 1.08. The van der Waals surface area contributed by atoms with Gasteiger partial charge in [0.2, 0.25) is 11.8 Å². The maximum Gasteiger partial charge on any atom is 0.277 e. The van der Waals surface area contributed by atoms with Gasteiger partial charge in [-0.3, -0.25) is 19.7 Å². The fraction of sp³-hybridized carbons (Fsp3) is 0.185. The molecule has 1 aliphatic rings. The highest BCUT2D eigenvalue weighted by molar-refractivity contribution is 7.99. The number of benzene rings is 3. The lowest BCUT2D eigenvalue weighted by Crippen LogP contribution is -2.48. The third-order valence-corrected chi connectivity index (χ3v) is 7.27. The lowest BCUT2D eigenvalue weighted by molar-refractivity contribution is -0.384. The zero-order valence-electron chi connectivity index (χ0n) is 21.0. The number of nitrogens with one attached hydrogen (secondary N) is 1. The Morgan fingerprint density at radius 3 is 2.40 bits per heavy atom. The van der Waals surface area contributed by atoms with Crippen LogP contribution in [0.1, 0.15) is 10.4 Å². The van der Waals surface area contributed by atoms with Crippen molar-refractivity contribution < 1.29 is 18.9 Å². The van der Waals surface area contributed by atoms with Crippen molar-refractivity contribution in [3.05, 3.63) is 93.5 Å². The number of nitro benzene ring substituents is 1. The number of rotatable bonds is 8. The van der Waals surface area contributed by atoms with Crippen molar-refractivity contribution in [2.24, 2.45) is 0 Å². The van der Waals surface area contributed by atoms with E-state index < -0.39 is 4.92 Å². The van der Waals surface area contributed by atoms with Gasteiger partial charge in [0.25, 0.3) is 16.8 Å². The van der Waals surface area contributed by atoms with Gasteiger partial charge in [-0.1, -0.05) is 29.4 Å². The van der Waals surface area contributed by atoms with Crippen molar-refractivity contribution >= 4 is 52.2 Å². The van der Waals surface area contributed by atoms with Crippen molar-refractivity contribution in [3.8, 4) is 11.5 Å². The number of halogens is 1. The van der Waals surface area contributed by atoms with Crippen LogP contribution in [0.3, 0.4) is 0 Å². The molecule has 5 rings (SSSR count). The van der Waals surface area contributed by atoms with Crippen LogP contribution in [0, 0.1) is 10.1 Å². The molecule has 0 bridgehead atoms. The summed E-state index contributed by atoms with van der Waals surface area (Å²) in [5.41, 5.74) is 2.76. The lowest BCUT2D eigenvalue weighted by Gasteiger charge is -2.36. The van der Waals surface area contributed by atoms with Gasteiger partial charge < -0.3 is 19.5 Å². The van der Waals surface area contributed by atoms with Crippen LogP contribution in [-0.4, -0.2) is 63.8 Å². The molecule has 3 aromatic carbocycles. The Bertz CT molecular complexity index is 1520. The quantitative estimate of drug-likeness (QED) is 0.174. The molecule has 13 heteroatoms. The molecular formula is C27H23ClN6O5S. The second kappa shape index (κ2) is 12.2. The van der Waals surface area contributed by atoms with E-state index in [-0.39, 0.29) is 34.4 Å². The summed E-state index contributed by atoms with van der Waals surface area (Å²) >= 11 is 7.11. The topological polar surface area (TPSA) is 135 Å². The van der Waals surface area contributed by atoms with Crippen LogP contribution in [0.2, 0.25) is 5.02 Å². The Hall–Kier alpha value is -4.42. The molecule has 1 aromatic heterocycles. The van der Waals surface area contributed by atoms with E-state index in [2.05, 4.69) is 20.4 Å². The van der Waals surface area contributed by atoms with Gasteiger partial charge in [-0.05, 0) is 54.6 Å². The van der Waals surface area contributed by atoms with Gasteiger partial charge in [0.05, 0.1) is 10.7 Å². The van der Waals surface area contributed by atoms with E-state index in [9.17, 15) is 19.7 Å². The van der Waals surface area contributed by atoms with Gasteiger partial charge >= 0.3 is 0 Å². The van der Waals surface area contributed by atoms with Crippen LogP contribution in [-0.2, 0) is 4.79 Å². The largest absolute Gasteiger partial charge is 0.411 e. The summed E-state index contributed by atoms with van der Waals surface area (Å²) in [5, 5.41) is 22.3. The van der Waals surface area contributed by atoms with Gasteiger partial charge in [-0.15, -0.1) is 10.2 Å². The SMILES string of the molecule is O=C(CSc1nnc(-c2ccc([N+](=O)[O-])cc2)o1)Nc1ccc(N2CCN(C(=O)c3cccc(Cl)c3)CC2)cc1. The summed E-state index contributed by atoms with van der Waals surface area (Å²) in [7, 11) is 0. The van der Waals surface area contributed by atoms with Gasteiger partial charge in [0, 0.05) is 65.8 Å². The third-order valence-electron chi connectivity index (χ3n) is 6.21. The summed E-state index contributed by atoms with van der Waals surface area (Å²) in [6.07, 6.45) is 0. The third kappa shape index (κ3) is 6.58. The van der Waals surface area contributed by atoms with Crippen molar-refractivity contribution in [3.63, 3.8) is 0 Å². The fourth-order valence-corrected chi connectivity index (χ4v) is 4.92. The summed E-state index contributed by atoms with van der Waals surface area (Å²) < 4.78 is 5.56. The zero-order valence-corrected chi connectivity index (χ0v) is 22.6. The number of nitro groups is 1. The number of carbonyl (C=O) groups excluding carboxylic acids is 2. The predicted octanol–water partition coefficient (Wildman–Crippen LogP) is 4.99. The van der Waals surface area contributed by atoms with Gasteiger partial charge in [0.1, 0.15) is 0 Å². The number of amides is 2. The van der Waals surface area contributed by atoms with E-state index in [1.807, 2.05) is 29.2 Å². The molecule has 2 amide bonds. The van der Waals surface area contributed by atoms with E-state index in [1.165, 1.54) is 24.3 Å². The molecule has 1 saturated heterocycles. The minimum atomic E-state index is -0.486. The molecule has 1 fully saturated rings. The van der Waals surface area contributed by atoms with E-state index in [4.69, 9.17) is 16.0 Å². The van der Waals surface area contributed by atoms with Crippen molar-refractivity contribution in [2.45, 2.75) is 5.22 Å². The molecule has 0 aliphatic carbocycles. The first-order valence-electron chi connectivity index (χ1n) is 12.3. The Morgan fingerprint density at radius 2 is 1.73 bits per heavy atom. The van der Waals surface area contributed by atoms with E-state index >= 15 is 0 Å². The molecule has 204 valence electrons. The van der Waals surface area contributed by atoms with Crippen LogP contribution in [0.25, 0.3) is 11.5 Å². The monoisotopic (exact) mass is 578 g/mol. The number of aromatic nitrogens is 2.